The quantitative estimate of drug-likeness (QED) is 0.703. The Morgan fingerprint density at radius 3 is 2.29 bits per heavy atom. The van der Waals surface area contributed by atoms with E-state index in [9.17, 15) is 8.42 Å². The van der Waals surface area contributed by atoms with Crippen molar-refractivity contribution in [2.24, 2.45) is 0 Å². The molecule has 0 radical (unpaired) electrons. The molecule has 1 aliphatic rings. The van der Waals surface area contributed by atoms with Gasteiger partial charge >= 0.3 is 0 Å². The van der Waals surface area contributed by atoms with E-state index in [1.165, 1.54) is 11.4 Å². The van der Waals surface area contributed by atoms with E-state index in [2.05, 4.69) is 5.32 Å². The van der Waals surface area contributed by atoms with Crippen LogP contribution in [0.4, 0.5) is 5.69 Å². The van der Waals surface area contributed by atoms with Crippen LogP contribution in [0, 0.1) is 0 Å². The van der Waals surface area contributed by atoms with Crippen LogP contribution >= 0.6 is 35.4 Å². The highest BCUT2D eigenvalue weighted by atomic mass is 35.5. The fourth-order valence-corrected chi connectivity index (χ4v) is 4.98. The van der Waals surface area contributed by atoms with Crippen molar-refractivity contribution >= 4 is 56.2 Å². The predicted octanol–water partition coefficient (Wildman–Crippen LogP) is 3.71. The summed E-state index contributed by atoms with van der Waals surface area (Å²) in [6.45, 7) is 1.63. The van der Waals surface area contributed by atoms with Gasteiger partial charge in [0.05, 0.1) is 22.7 Å². The van der Waals surface area contributed by atoms with Crippen molar-refractivity contribution in [3.63, 3.8) is 0 Å². The summed E-state index contributed by atoms with van der Waals surface area (Å²) < 4.78 is 32.2. The Kier molecular flexibility index (Phi) is 6.67. The first-order chi connectivity index (χ1) is 13.3. The fourth-order valence-electron chi connectivity index (χ4n) is 2.81. The maximum Gasteiger partial charge on any atom is 0.243 e. The maximum atomic E-state index is 12.8. The molecule has 2 aromatic rings. The van der Waals surface area contributed by atoms with Gasteiger partial charge in [-0.05, 0) is 54.7 Å². The minimum Gasteiger partial charge on any atom is -0.497 e. The Hall–Kier alpha value is -1.58. The van der Waals surface area contributed by atoms with Gasteiger partial charge in [0, 0.05) is 31.2 Å². The van der Waals surface area contributed by atoms with Gasteiger partial charge in [-0.3, -0.25) is 0 Å². The fraction of sp³-hybridized carbons (Fsp3) is 0.278. The number of piperazine rings is 1. The van der Waals surface area contributed by atoms with Crippen LogP contribution in [0.3, 0.4) is 0 Å². The Morgan fingerprint density at radius 1 is 1.07 bits per heavy atom. The van der Waals surface area contributed by atoms with E-state index in [-0.39, 0.29) is 4.90 Å². The lowest BCUT2D eigenvalue weighted by Crippen LogP contribution is -2.51. The molecule has 0 aromatic heterocycles. The molecular formula is C18H19Cl2N3O3S2. The third kappa shape index (κ3) is 4.69. The molecule has 28 heavy (non-hydrogen) atoms. The molecule has 1 aliphatic heterocycles. The first-order valence-electron chi connectivity index (χ1n) is 8.46. The number of benzene rings is 2. The molecule has 3 rings (SSSR count). The summed E-state index contributed by atoms with van der Waals surface area (Å²) in [4.78, 5) is 2.16. The standard InChI is InChI=1S/C18H19Cl2N3O3S2/c1-26-14-3-5-15(6-4-14)28(24,25)23-10-8-22(9-11-23)18(27)21-17-7-2-13(19)12-16(17)20/h2-7,12H,8-11H2,1H3,(H,21,27). The van der Waals surface area contributed by atoms with Crippen LogP contribution in [-0.4, -0.2) is 56.0 Å². The molecule has 2 aromatic carbocycles. The van der Waals surface area contributed by atoms with Gasteiger partial charge in [-0.25, -0.2) is 8.42 Å². The minimum absolute atomic E-state index is 0.246. The number of hydrogen-bond donors (Lipinski definition) is 1. The van der Waals surface area contributed by atoms with E-state index in [4.69, 9.17) is 40.2 Å². The first kappa shape index (κ1) is 21.1. The number of hydrogen-bond acceptors (Lipinski definition) is 4. The minimum atomic E-state index is -3.55. The second-order valence-corrected chi connectivity index (χ2v) is 9.29. The number of thiocarbonyl (C=S) groups is 1. The lowest BCUT2D eigenvalue weighted by Gasteiger charge is -2.35. The molecule has 0 unspecified atom stereocenters. The number of nitrogens with zero attached hydrogens (tertiary/aromatic N) is 2. The molecule has 0 bridgehead atoms. The summed E-state index contributed by atoms with van der Waals surface area (Å²) in [7, 11) is -2.02. The highest BCUT2D eigenvalue weighted by Crippen LogP contribution is 2.26. The second-order valence-electron chi connectivity index (χ2n) is 6.12. The molecule has 0 amide bonds. The summed E-state index contributed by atoms with van der Waals surface area (Å²) in [6.07, 6.45) is 0. The molecule has 150 valence electrons. The van der Waals surface area contributed by atoms with Crippen molar-refractivity contribution in [3.05, 3.63) is 52.5 Å². The molecule has 0 aliphatic carbocycles. The zero-order valence-electron chi connectivity index (χ0n) is 15.1. The van der Waals surface area contributed by atoms with E-state index >= 15 is 0 Å². The number of sulfonamides is 1. The molecular weight excluding hydrogens is 441 g/mol. The van der Waals surface area contributed by atoms with Crippen LogP contribution in [0.25, 0.3) is 0 Å². The van der Waals surface area contributed by atoms with Gasteiger partial charge < -0.3 is 15.0 Å². The molecule has 0 saturated carbocycles. The van der Waals surface area contributed by atoms with E-state index in [1.54, 1.807) is 42.5 Å². The van der Waals surface area contributed by atoms with Crippen molar-refractivity contribution in [1.29, 1.82) is 0 Å². The smallest absolute Gasteiger partial charge is 0.243 e. The highest BCUT2D eigenvalue weighted by molar-refractivity contribution is 7.89. The van der Waals surface area contributed by atoms with Crippen LogP contribution in [0.5, 0.6) is 5.75 Å². The van der Waals surface area contributed by atoms with Crippen molar-refractivity contribution in [3.8, 4) is 5.75 Å². The Balaban J connectivity index is 1.62. The number of rotatable bonds is 4. The third-order valence-corrected chi connectivity index (χ3v) is 7.22. The molecule has 0 atom stereocenters. The summed E-state index contributed by atoms with van der Waals surface area (Å²) in [6, 6.07) is 11.5. The van der Waals surface area contributed by atoms with Crippen molar-refractivity contribution in [2.75, 3.05) is 38.6 Å². The Morgan fingerprint density at radius 2 is 1.71 bits per heavy atom. The van der Waals surface area contributed by atoms with Crippen LogP contribution in [0.2, 0.25) is 10.0 Å². The second kappa shape index (κ2) is 8.84. The number of ether oxygens (including phenoxy) is 1. The van der Waals surface area contributed by atoms with Gasteiger partial charge in [-0.1, -0.05) is 23.2 Å². The number of halogens is 2. The van der Waals surface area contributed by atoms with Gasteiger partial charge in [0.1, 0.15) is 5.75 Å². The van der Waals surface area contributed by atoms with Gasteiger partial charge in [-0.2, -0.15) is 4.31 Å². The Bertz CT molecular complexity index is 961. The van der Waals surface area contributed by atoms with Crippen molar-refractivity contribution in [1.82, 2.24) is 9.21 Å². The zero-order valence-corrected chi connectivity index (χ0v) is 18.2. The van der Waals surface area contributed by atoms with E-state index in [0.717, 1.165) is 0 Å². The lowest BCUT2D eigenvalue weighted by molar-refractivity contribution is 0.268. The maximum absolute atomic E-state index is 12.8. The van der Waals surface area contributed by atoms with Gasteiger partial charge in [0.2, 0.25) is 10.0 Å². The van der Waals surface area contributed by atoms with Crippen LogP contribution in [-0.2, 0) is 10.0 Å². The average Bonchev–Trinajstić information content (AvgIpc) is 2.70. The number of anilines is 1. The van der Waals surface area contributed by atoms with Crippen molar-refractivity contribution < 1.29 is 13.2 Å². The predicted molar refractivity (Wildman–Crippen MR) is 116 cm³/mol. The van der Waals surface area contributed by atoms with Crippen molar-refractivity contribution in [2.45, 2.75) is 4.90 Å². The van der Waals surface area contributed by atoms with E-state index in [0.29, 0.717) is 52.8 Å². The van der Waals surface area contributed by atoms with Gasteiger partial charge in [0.15, 0.2) is 5.11 Å². The SMILES string of the molecule is COc1ccc(S(=O)(=O)N2CCN(C(=S)Nc3ccc(Cl)cc3Cl)CC2)cc1. The third-order valence-electron chi connectivity index (χ3n) is 4.40. The topological polar surface area (TPSA) is 61.9 Å². The zero-order chi connectivity index (χ0) is 20.3. The van der Waals surface area contributed by atoms with Gasteiger partial charge in [-0.15, -0.1) is 0 Å². The monoisotopic (exact) mass is 459 g/mol. The molecule has 1 fully saturated rings. The van der Waals surface area contributed by atoms with Crippen LogP contribution < -0.4 is 10.1 Å². The number of methoxy groups -OCH3 is 1. The lowest BCUT2D eigenvalue weighted by atomic mass is 10.3. The first-order valence-corrected chi connectivity index (χ1v) is 11.1. The summed E-state index contributed by atoms with van der Waals surface area (Å²) in [5.74, 6) is 0.612. The summed E-state index contributed by atoms with van der Waals surface area (Å²) in [5, 5.41) is 4.59. The highest BCUT2D eigenvalue weighted by Gasteiger charge is 2.29. The number of nitrogens with one attached hydrogen (secondary N) is 1. The van der Waals surface area contributed by atoms with E-state index in [1.807, 2.05) is 4.90 Å². The van der Waals surface area contributed by atoms with E-state index < -0.39 is 10.0 Å². The van der Waals surface area contributed by atoms with Crippen LogP contribution in [0.15, 0.2) is 47.4 Å². The van der Waals surface area contributed by atoms with Crippen LogP contribution in [0.1, 0.15) is 0 Å². The molecule has 1 N–H and O–H groups in total. The van der Waals surface area contributed by atoms with Gasteiger partial charge in [0.25, 0.3) is 0 Å². The Labute approximate surface area is 180 Å². The molecule has 10 heteroatoms. The normalized spacial score (nSPS) is 15.3. The average molecular weight is 460 g/mol. The molecule has 1 heterocycles. The summed E-state index contributed by atoms with van der Waals surface area (Å²) in [5.41, 5.74) is 0.657. The molecule has 0 spiro atoms. The molecule has 1 saturated heterocycles. The largest absolute Gasteiger partial charge is 0.497 e. The molecule has 6 nitrogen and oxygen atoms in total. The summed E-state index contributed by atoms with van der Waals surface area (Å²) >= 11 is 17.5.